The molecule has 0 aliphatic carbocycles. The van der Waals surface area contributed by atoms with Crippen molar-refractivity contribution in [3.8, 4) is 5.75 Å². The van der Waals surface area contributed by atoms with E-state index in [1.807, 2.05) is 0 Å². The van der Waals surface area contributed by atoms with E-state index >= 15 is 0 Å². The molecule has 1 aliphatic rings. The van der Waals surface area contributed by atoms with E-state index in [1.165, 1.54) is 7.11 Å². The van der Waals surface area contributed by atoms with E-state index < -0.39 is 20.5 Å². The molecule has 0 aromatic heterocycles. The van der Waals surface area contributed by atoms with Crippen LogP contribution in [-0.2, 0) is 14.6 Å². The molecule has 1 heterocycles. The number of hydrogen-bond donors (Lipinski definition) is 2. The second-order valence-electron chi connectivity index (χ2n) is 5.32. The molecule has 0 spiro atoms. The summed E-state index contributed by atoms with van der Waals surface area (Å²) >= 11 is 3.33. The second kappa shape index (κ2) is 7.83. The third kappa shape index (κ3) is 4.17. The number of methoxy groups -OCH3 is 1. The Morgan fingerprint density at radius 2 is 1.96 bits per heavy atom. The first-order valence-electron chi connectivity index (χ1n) is 6.85. The molecule has 2 rings (SSSR count). The van der Waals surface area contributed by atoms with Crippen LogP contribution in [0.1, 0.15) is 12.8 Å². The van der Waals surface area contributed by atoms with E-state index in [9.17, 15) is 13.2 Å². The zero-order chi connectivity index (χ0) is 16.4. The molecule has 9 heteroatoms. The number of piperidine rings is 1. The molecule has 23 heavy (non-hydrogen) atoms. The fourth-order valence-corrected chi connectivity index (χ4v) is 4.32. The van der Waals surface area contributed by atoms with Crippen molar-refractivity contribution < 1.29 is 17.9 Å². The summed E-state index contributed by atoms with van der Waals surface area (Å²) in [6, 6.07) is 5.09. The van der Waals surface area contributed by atoms with Crippen molar-refractivity contribution in [2.24, 2.45) is 0 Å². The van der Waals surface area contributed by atoms with Crippen LogP contribution in [-0.4, -0.2) is 45.5 Å². The molecule has 2 N–H and O–H groups in total. The van der Waals surface area contributed by atoms with E-state index in [1.54, 1.807) is 18.2 Å². The fourth-order valence-electron chi connectivity index (χ4n) is 2.58. The minimum atomic E-state index is -3.52. The summed E-state index contributed by atoms with van der Waals surface area (Å²) in [5.41, 5.74) is 0.506. The molecule has 130 valence electrons. The number of rotatable bonds is 4. The van der Waals surface area contributed by atoms with Crippen LogP contribution in [0.2, 0.25) is 0 Å². The van der Waals surface area contributed by atoms with Crippen LogP contribution in [0.3, 0.4) is 0 Å². The molecular weight excluding hydrogens is 408 g/mol. The summed E-state index contributed by atoms with van der Waals surface area (Å²) in [6.45, 7) is 1.01. The van der Waals surface area contributed by atoms with Gasteiger partial charge in [0.25, 0.3) is 0 Å². The second-order valence-corrected chi connectivity index (χ2v) is 8.50. The summed E-state index contributed by atoms with van der Waals surface area (Å²) in [6.07, 6.45) is 1.66. The van der Waals surface area contributed by atoms with Crippen LogP contribution in [0.4, 0.5) is 5.69 Å². The zero-order valence-corrected chi connectivity index (χ0v) is 16.1. The number of carbonyl (C=O) groups is 1. The van der Waals surface area contributed by atoms with Crippen molar-refractivity contribution in [1.82, 2.24) is 5.32 Å². The smallest absolute Gasteiger partial charge is 0.245 e. The van der Waals surface area contributed by atoms with Crippen LogP contribution in [0.15, 0.2) is 22.7 Å². The van der Waals surface area contributed by atoms with Gasteiger partial charge in [-0.3, -0.25) is 4.79 Å². The minimum Gasteiger partial charge on any atom is -0.495 e. The van der Waals surface area contributed by atoms with Crippen LogP contribution in [0, 0.1) is 0 Å². The Hall–Kier alpha value is -0.830. The van der Waals surface area contributed by atoms with Gasteiger partial charge in [-0.25, -0.2) is 8.42 Å². The number of halogens is 2. The Morgan fingerprint density at radius 3 is 2.48 bits per heavy atom. The van der Waals surface area contributed by atoms with Crippen LogP contribution >= 0.6 is 28.3 Å². The molecule has 0 atom stereocenters. The highest BCUT2D eigenvalue weighted by atomic mass is 79.9. The van der Waals surface area contributed by atoms with Gasteiger partial charge in [0, 0.05) is 18.0 Å². The predicted octanol–water partition coefficient (Wildman–Crippen LogP) is 1.98. The average Bonchev–Trinajstić information content (AvgIpc) is 2.48. The number of carbonyl (C=O) groups excluding carboxylic acids is 1. The van der Waals surface area contributed by atoms with Gasteiger partial charge < -0.3 is 15.4 Å². The summed E-state index contributed by atoms with van der Waals surface area (Å²) in [4.78, 5) is 12.7. The molecule has 1 aromatic carbocycles. The number of sulfone groups is 1. The third-order valence-electron chi connectivity index (χ3n) is 3.94. The lowest BCUT2D eigenvalue weighted by Gasteiger charge is -2.34. The molecule has 0 saturated carbocycles. The maximum Gasteiger partial charge on any atom is 0.245 e. The highest BCUT2D eigenvalue weighted by Gasteiger charge is 2.48. The van der Waals surface area contributed by atoms with Gasteiger partial charge in [-0.1, -0.05) is 0 Å². The van der Waals surface area contributed by atoms with E-state index in [0.717, 1.165) is 10.7 Å². The van der Waals surface area contributed by atoms with Gasteiger partial charge in [0.1, 0.15) is 5.75 Å². The van der Waals surface area contributed by atoms with Crippen molar-refractivity contribution in [3.05, 3.63) is 22.7 Å². The van der Waals surface area contributed by atoms with E-state index in [0.29, 0.717) is 24.5 Å². The molecule has 0 bridgehead atoms. The fraction of sp³-hybridized carbons (Fsp3) is 0.500. The van der Waals surface area contributed by atoms with Gasteiger partial charge in [0.15, 0.2) is 14.6 Å². The number of anilines is 1. The molecule has 1 aromatic rings. The Balaban J connectivity index is 0.00000264. The number of ether oxygens (including phenoxy) is 1. The molecule has 1 saturated heterocycles. The standard InChI is InChI=1S/C14H19BrN2O4S.ClH/c1-21-12-9-10(3-4-11(12)15)17-13(18)14(22(2,19)20)5-7-16-8-6-14;/h3-4,9,16H,5-8H2,1-2H3,(H,17,18);1H. The van der Waals surface area contributed by atoms with Crippen molar-refractivity contribution in [2.75, 3.05) is 31.8 Å². The quantitative estimate of drug-likeness (QED) is 0.767. The molecule has 6 nitrogen and oxygen atoms in total. The highest BCUT2D eigenvalue weighted by Crippen LogP contribution is 2.32. The van der Waals surface area contributed by atoms with Gasteiger partial charge >= 0.3 is 0 Å². The first-order chi connectivity index (χ1) is 10.3. The van der Waals surface area contributed by atoms with Gasteiger partial charge in [-0.15, -0.1) is 12.4 Å². The van der Waals surface area contributed by atoms with Gasteiger partial charge in [0.05, 0.1) is 11.6 Å². The number of benzene rings is 1. The Bertz CT molecular complexity index is 675. The lowest BCUT2D eigenvalue weighted by molar-refractivity contribution is -0.119. The first-order valence-corrected chi connectivity index (χ1v) is 9.54. The van der Waals surface area contributed by atoms with E-state index in [2.05, 4.69) is 26.6 Å². The molecule has 1 amide bonds. The SMILES string of the molecule is COc1cc(NC(=O)C2(S(C)(=O)=O)CCNCC2)ccc1Br.Cl. The Kier molecular flexibility index (Phi) is 6.88. The third-order valence-corrected chi connectivity index (χ3v) is 6.61. The van der Waals surface area contributed by atoms with E-state index in [4.69, 9.17) is 4.74 Å². The maximum absolute atomic E-state index is 12.7. The lowest BCUT2D eigenvalue weighted by Crippen LogP contribution is -2.55. The van der Waals surface area contributed by atoms with Gasteiger partial charge in [-0.2, -0.15) is 0 Å². The molecular formula is C14H20BrClN2O4S. The van der Waals surface area contributed by atoms with Crippen molar-refractivity contribution in [1.29, 1.82) is 0 Å². The largest absolute Gasteiger partial charge is 0.495 e. The summed E-state index contributed by atoms with van der Waals surface area (Å²) < 4.78 is 29.0. The normalized spacial score (nSPS) is 17.0. The summed E-state index contributed by atoms with van der Waals surface area (Å²) in [5.74, 6) is 0.0809. The van der Waals surface area contributed by atoms with Crippen LogP contribution < -0.4 is 15.4 Å². The molecule has 0 radical (unpaired) electrons. The van der Waals surface area contributed by atoms with Crippen LogP contribution in [0.25, 0.3) is 0 Å². The Labute approximate surface area is 150 Å². The number of nitrogens with one attached hydrogen (secondary N) is 2. The van der Waals surface area contributed by atoms with Crippen molar-refractivity contribution >= 4 is 49.8 Å². The predicted molar refractivity (Wildman–Crippen MR) is 96.3 cm³/mol. The monoisotopic (exact) mass is 426 g/mol. The zero-order valence-electron chi connectivity index (χ0n) is 12.9. The summed E-state index contributed by atoms with van der Waals surface area (Å²) in [7, 11) is -2.00. The average molecular weight is 428 g/mol. The van der Waals surface area contributed by atoms with Crippen molar-refractivity contribution in [3.63, 3.8) is 0 Å². The minimum absolute atomic E-state index is 0. The topological polar surface area (TPSA) is 84.5 Å². The van der Waals surface area contributed by atoms with Crippen LogP contribution in [0.5, 0.6) is 5.75 Å². The lowest BCUT2D eigenvalue weighted by atomic mass is 9.95. The number of amides is 1. The Morgan fingerprint density at radius 1 is 1.35 bits per heavy atom. The molecule has 0 unspecified atom stereocenters. The molecule has 1 aliphatic heterocycles. The van der Waals surface area contributed by atoms with Gasteiger partial charge in [0.2, 0.25) is 5.91 Å². The molecule has 1 fully saturated rings. The van der Waals surface area contributed by atoms with Crippen molar-refractivity contribution in [2.45, 2.75) is 17.6 Å². The number of hydrogen-bond acceptors (Lipinski definition) is 5. The van der Waals surface area contributed by atoms with E-state index in [-0.39, 0.29) is 25.2 Å². The first kappa shape index (κ1) is 20.2. The maximum atomic E-state index is 12.7. The van der Waals surface area contributed by atoms with Gasteiger partial charge in [-0.05, 0) is 54.0 Å². The highest BCUT2D eigenvalue weighted by molar-refractivity contribution is 9.10. The summed E-state index contributed by atoms with van der Waals surface area (Å²) in [5, 5.41) is 5.80.